The number of carboxylic acids is 1. The Morgan fingerprint density at radius 2 is 1.73 bits per heavy atom. The number of hydrogen-bond donors (Lipinski definition) is 5. The largest absolute Gasteiger partial charge is 0.480 e. The lowest BCUT2D eigenvalue weighted by molar-refractivity contribution is -0.142. The number of amides is 4. The van der Waals surface area contributed by atoms with Crippen LogP contribution < -0.4 is 21.7 Å². The predicted molar refractivity (Wildman–Crippen MR) is 108 cm³/mol. The number of carboxylic acid groups (broad SMARTS) is 1. The van der Waals surface area contributed by atoms with E-state index in [9.17, 15) is 24.0 Å². The van der Waals surface area contributed by atoms with E-state index in [1.54, 1.807) is 0 Å². The number of aliphatic carboxylic acids is 1. The first-order valence-electron chi connectivity index (χ1n) is 10.1. The fourth-order valence-electron chi connectivity index (χ4n) is 3.14. The van der Waals surface area contributed by atoms with Gasteiger partial charge in [-0.2, -0.15) is 0 Å². The van der Waals surface area contributed by atoms with Crippen LogP contribution in [0.1, 0.15) is 47.0 Å². The number of nitrogens with zero attached hydrogens (tertiary/aromatic N) is 1. The maximum atomic E-state index is 13.1. The molecule has 1 rings (SSSR count). The van der Waals surface area contributed by atoms with Gasteiger partial charge >= 0.3 is 5.97 Å². The van der Waals surface area contributed by atoms with Crippen molar-refractivity contribution in [2.45, 2.75) is 71.1 Å². The van der Waals surface area contributed by atoms with E-state index in [2.05, 4.69) is 16.0 Å². The van der Waals surface area contributed by atoms with Gasteiger partial charge in [0.05, 0.1) is 12.6 Å². The fraction of sp³-hybridized carbons (Fsp3) is 0.737. The molecule has 0 spiro atoms. The molecule has 0 aliphatic carbocycles. The average Bonchev–Trinajstić information content (AvgIpc) is 3.14. The summed E-state index contributed by atoms with van der Waals surface area (Å²) in [5.74, 6) is -3.01. The first kappa shape index (κ1) is 25.3. The molecule has 1 saturated heterocycles. The standard InChI is InChI=1S/C19H33N5O6/c1-10(2)8-13(23-16(26)11(3)20)18(28)24-7-5-6-14(24)17(27)21-9-15(25)22-12(4)19(29)30/h10-14H,5-9,20H2,1-4H3,(H,21,27)(H,22,25)(H,23,26)(H,29,30)/t11-,12-,13-,14-/m0/s1. The van der Waals surface area contributed by atoms with Gasteiger partial charge in [0.15, 0.2) is 0 Å². The van der Waals surface area contributed by atoms with E-state index in [0.29, 0.717) is 25.8 Å². The molecule has 0 aromatic heterocycles. The topological polar surface area (TPSA) is 171 Å². The quantitative estimate of drug-likeness (QED) is 0.284. The summed E-state index contributed by atoms with van der Waals surface area (Å²) in [5.41, 5.74) is 5.59. The van der Waals surface area contributed by atoms with Crippen LogP contribution in [0.3, 0.4) is 0 Å². The highest BCUT2D eigenvalue weighted by molar-refractivity contribution is 5.94. The Balaban J connectivity index is 2.76. The highest BCUT2D eigenvalue weighted by Crippen LogP contribution is 2.20. The van der Waals surface area contributed by atoms with E-state index in [1.807, 2.05) is 13.8 Å². The van der Waals surface area contributed by atoms with Crippen LogP contribution >= 0.6 is 0 Å². The number of rotatable bonds is 10. The van der Waals surface area contributed by atoms with Crippen LogP contribution in [-0.4, -0.2) is 76.9 Å². The van der Waals surface area contributed by atoms with Gasteiger partial charge in [0.25, 0.3) is 0 Å². The molecule has 0 bridgehead atoms. The predicted octanol–water partition coefficient (Wildman–Crippen LogP) is -1.44. The molecule has 30 heavy (non-hydrogen) atoms. The van der Waals surface area contributed by atoms with Crippen LogP contribution in [0.15, 0.2) is 0 Å². The average molecular weight is 428 g/mol. The monoisotopic (exact) mass is 427 g/mol. The highest BCUT2D eigenvalue weighted by Gasteiger charge is 2.38. The minimum atomic E-state index is -1.19. The zero-order valence-electron chi connectivity index (χ0n) is 17.9. The summed E-state index contributed by atoms with van der Waals surface area (Å²) < 4.78 is 0. The van der Waals surface area contributed by atoms with Crippen LogP contribution in [0.4, 0.5) is 0 Å². The van der Waals surface area contributed by atoms with E-state index < -0.39 is 54.4 Å². The molecule has 0 aromatic rings. The van der Waals surface area contributed by atoms with Crippen molar-refractivity contribution in [2.75, 3.05) is 13.1 Å². The first-order valence-corrected chi connectivity index (χ1v) is 10.1. The van der Waals surface area contributed by atoms with Crippen molar-refractivity contribution in [3.8, 4) is 0 Å². The Kier molecular flexibility index (Phi) is 9.70. The summed E-state index contributed by atoms with van der Waals surface area (Å²) in [6.07, 6.45) is 1.44. The van der Waals surface area contributed by atoms with Gasteiger partial charge in [-0.25, -0.2) is 0 Å². The van der Waals surface area contributed by atoms with E-state index in [1.165, 1.54) is 18.7 Å². The zero-order valence-corrected chi connectivity index (χ0v) is 17.9. The van der Waals surface area contributed by atoms with Gasteiger partial charge < -0.3 is 31.7 Å². The smallest absolute Gasteiger partial charge is 0.325 e. The van der Waals surface area contributed by atoms with Crippen molar-refractivity contribution in [2.24, 2.45) is 11.7 Å². The lowest BCUT2D eigenvalue weighted by atomic mass is 10.0. The van der Waals surface area contributed by atoms with Gasteiger partial charge in [-0.15, -0.1) is 0 Å². The van der Waals surface area contributed by atoms with Crippen LogP contribution in [0.25, 0.3) is 0 Å². The molecule has 0 saturated carbocycles. The molecule has 1 heterocycles. The minimum absolute atomic E-state index is 0.127. The molecule has 11 heteroatoms. The molecule has 1 aliphatic heterocycles. The van der Waals surface area contributed by atoms with Gasteiger partial charge in [0.1, 0.15) is 18.1 Å². The molecular formula is C19H33N5O6. The summed E-state index contributed by atoms with van der Waals surface area (Å²) in [6.45, 7) is 6.64. The van der Waals surface area contributed by atoms with Crippen molar-refractivity contribution in [1.82, 2.24) is 20.9 Å². The van der Waals surface area contributed by atoms with Crippen LogP contribution in [0, 0.1) is 5.92 Å². The normalized spacial score (nSPS) is 19.0. The third-order valence-corrected chi connectivity index (χ3v) is 4.74. The van der Waals surface area contributed by atoms with E-state index in [0.717, 1.165) is 0 Å². The second kappa shape index (κ2) is 11.5. The number of nitrogens with two attached hydrogens (primary N) is 1. The number of hydrogen-bond acceptors (Lipinski definition) is 6. The van der Waals surface area contributed by atoms with Crippen molar-refractivity contribution >= 4 is 29.6 Å². The lowest BCUT2D eigenvalue weighted by Crippen LogP contribution is -2.56. The fourth-order valence-corrected chi connectivity index (χ4v) is 3.14. The van der Waals surface area contributed by atoms with Crippen molar-refractivity contribution in [3.05, 3.63) is 0 Å². The maximum Gasteiger partial charge on any atom is 0.325 e. The Labute approximate surface area is 176 Å². The van der Waals surface area contributed by atoms with Crippen molar-refractivity contribution in [3.63, 3.8) is 0 Å². The Bertz CT molecular complexity index is 666. The zero-order chi connectivity index (χ0) is 23.0. The second-order valence-electron chi connectivity index (χ2n) is 8.01. The minimum Gasteiger partial charge on any atom is -0.480 e. The van der Waals surface area contributed by atoms with Gasteiger partial charge in [-0.1, -0.05) is 13.8 Å². The SMILES string of the molecule is CC(C)C[C@H](NC(=O)[C@H](C)N)C(=O)N1CCC[C@H]1C(=O)NCC(=O)N[C@@H](C)C(=O)O. The Hall–Kier alpha value is -2.69. The van der Waals surface area contributed by atoms with E-state index >= 15 is 0 Å². The molecule has 0 radical (unpaired) electrons. The molecule has 4 amide bonds. The van der Waals surface area contributed by atoms with Crippen LogP contribution in [0.5, 0.6) is 0 Å². The molecule has 6 N–H and O–H groups in total. The summed E-state index contributed by atoms with van der Waals surface area (Å²) in [6, 6.07) is -3.40. The van der Waals surface area contributed by atoms with E-state index in [4.69, 9.17) is 10.8 Å². The molecule has 170 valence electrons. The first-order chi connectivity index (χ1) is 13.9. The van der Waals surface area contributed by atoms with Gasteiger partial charge in [-0.05, 0) is 39.0 Å². The van der Waals surface area contributed by atoms with Gasteiger partial charge in [-0.3, -0.25) is 24.0 Å². The van der Waals surface area contributed by atoms with Gasteiger partial charge in [0.2, 0.25) is 23.6 Å². The number of nitrogens with one attached hydrogen (secondary N) is 3. The number of likely N-dealkylation sites (tertiary alicyclic amines) is 1. The molecule has 1 aliphatic rings. The Morgan fingerprint density at radius 1 is 1.10 bits per heavy atom. The third-order valence-electron chi connectivity index (χ3n) is 4.74. The number of carbonyl (C=O) groups excluding carboxylic acids is 4. The molecule has 0 aromatic carbocycles. The lowest BCUT2D eigenvalue weighted by Gasteiger charge is -2.29. The summed E-state index contributed by atoms with van der Waals surface area (Å²) >= 11 is 0. The molecule has 0 unspecified atom stereocenters. The van der Waals surface area contributed by atoms with Crippen molar-refractivity contribution in [1.29, 1.82) is 0 Å². The maximum absolute atomic E-state index is 13.1. The van der Waals surface area contributed by atoms with Crippen LogP contribution in [0.2, 0.25) is 0 Å². The van der Waals surface area contributed by atoms with Gasteiger partial charge in [0, 0.05) is 6.54 Å². The second-order valence-corrected chi connectivity index (χ2v) is 8.01. The molecule has 4 atom stereocenters. The van der Waals surface area contributed by atoms with E-state index in [-0.39, 0.29) is 11.8 Å². The highest BCUT2D eigenvalue weighted by atomic mass is 16.4. The molecule has 1 fully saturated rings. The summed E-state index contributed by atoms with van der Waals surface area (Å²) in [5, 5.41) is 16.1. The summed E-state index contributed by atoms with van der Waals surface area (Å²) in [7, 11) is 0. The molecule has 11 nitrogen and oxygen atoms in total. The summed E-state index contributed by atoms with van der Waals surface area (Å²) in [4.78, 5) is 61.6. The van der Waals surface area contributed by atoms with Crippen molar-refractivity contribution < 1.29 is 29.1 Å². The Morgan fingerprint density at radius 3 is 2.27 bits per heavy atom. The third kappa shape index (κ3) is 7.62. The number of carbonyl (C=O) groups is 5. The van der Waals surface area contributed by atoms with Crippen LogP contribution in [-0.2, 0) is 24.0 Å². The molecular weight excluding hydrogens is 394 g/mol.